The van der Waals surface area contributed by atoms with Gasteiger partial charge >= 0.3 is 6.18 Å². The summed E-state index contributed by atoms with van der Waals surface area (Å²) in [6.45, 7) is 0.491. The molecule has 1 aliphatic heterocycles. The molecule has 0 unspecified atom stereocenters. The Morgan fingerprint density at radius 3 is 2.65 bits per heavy atom. The Bertz CT molecular complexity index is 573. The number of rotatable bonds is 4. The highest BCUT2D eigenvalue weighted by molar-refractivity contribution is 5.82. The standard InChI is InChI=1S/C14H21F3N4O2/c1-19-8-10(23-4)5-11(19)13(22)20(2)6-9-7-21(3)18-12(9)14(15,16)17/h7,10-11H,5-6,8H2,1-4H3/t10-,11-/m0/s1. The van der Waals surface area contributed by atoms with Crippen LogP contribution in [0.3, 0.4) is 0 Å². The van der Waals surface area contributed by atoms with E-state index < -0.39 is 11.9 Å². The second kappa shape index (κ2) is 6.48. The molecular weight excluding hydrogens is 313 g/mol. The van der Waals surface area contributed by atoms with Crippen molar-refractivity contribution in [2.45, 2.75) is 31.3 Å². The summed E-state index contributed by atoms with van der Waals surface area (Å²) in [5, 5.41) is 3.46. The number of likely N-dealkylation sites (N-methyl/N-ethyl adjacent to an activating group) is 2. The summed E-state index contributed by atoms with van der Waals surface area (Å²) in [5.74, 6) is -0.218. The molecule has 0 bridgehead atoms. The third-order valence-electron chi connectivity index (χ3n) is 4.09. The number of hydrogen-bond acceptors (Lipinski definition) is 4. The third-order valence-corrected chi connectivity index (χ3v) is 4.09. The summed E-state index contributed by atoms with van der Waals surface area (Å²) in [7, 11) is 6.32. The molecule has 0 spiro atoms. The topological polar surface area (TPSA) is 50.6 Å². The van der Waals surface area contributed by atoms with Gasteiger partial charge in [-0.05, 0) is 13.5 Å². The van der Waals surface area contributed by atoms with Gasteiger partial charge in [-0.25, -0.2) is 0 Å². The van der Waals surface area contributed by atoms with Crippen molar-refractivity contribution >= 4 is 5.91 Å². The van der Waals surface area contributed by atoms with Crippen LogP contribution in [-0.4, -0.2) is 65.4 Å². The van der Waals surface area contributed by atoms with Crippen LogP contribution >= 0.6 is 0 Å². The molecule has 0 aromatic carbocycles. The molecule has 0 N–H and O–H groups in total. The van der Waals surface area contributed by atoms with Gasteiger partial charge in [-0.15, -0.1) is 0 Å². The van der Waals surface area contributed by atoms with E-state index in [2.05, 4.69) is 5.10 Å². The van der Waals surface area contributed by atoms with Crippen molar-refractivity contribution in [1.82, 2.24) is 19.6 Å². The molecule has 1 amide bonds. The zero-order chi connectivity index (χ0) is 17.4. The van der Waals surface area contributed by atoms with Crippen molar-refractivity contribution in [1.29, 1.82) is 0 Å². The van der Waals surface area contributed by atoms with E-state index in [1.807, 2.05) is 4.90 Å². The molecule has 0 aliphatic carbocycles. The first-order valence-electron chi connectivity index (χ1n) is 7.21. The van der Waals surface area contributed by atoms with E-state index >= 15 is 0 Å². The zero-order valence-corrected chi connectivity index (χ0v) is 13.6. The number of likely N-dealkylation sites (tertiary alicyclic amines) is 1. The molecule has 9 heteroatoms. The Balaban J connectivity index is 2.10. The summed E-state index contributed by atoms with van der Waals surface area (Å²) >= 11 is 0. The zero-order valence-electron chi connectivity index (χ0n) is 13.6. The first kappa shape index (κ1) is 17.7. The minimum Gasteiger partial charge on any atom is -0.380 e. The van der Waals surface area contributed by atoms with Gasteiger partial charge < -0.3 is 9.64 Å². The molecule has 130 valence electrons. The quantitative estimate of drug-likeness (QED) is 0.828. The molecule has 0 radical (unpaired) electrons. The number of carbonyl (C=O) groups is 1. The highest BCUT2D eigenvalue weighted by Crippen LogP contribution is 2.31. The number of methoxy groups -OCH3 is 1. The lowest BCUT2D eigenvalue weighted by Gasteiger charge is -2.25. The molecule has 1 aromatic heterocycles. The van der Waals surface area contributed by atoms with Crippen LogP contribution < -0.4 is 0 Å². The van der Waals surface area contributed by atoms with Gasteiger partial charge in [-0.1, -0.05) is 0 Å². The Morgan fingerprint density at radius 2 is 2.13 bits per heavy atom. The van der Waals surface area contributed by atoms with Crippen molar-refractivity contribution in [3.63, 3.8) is 0 Å². The van der Waals surface area contributed by atoms with Gasteiger partial charge in [-0.2, -0.15) is 18.3 Å². The van der Waals surface area contributed by atoms with E-state index in [-0.39, 0.29) is 30.2 Å². The molecule has 0 saturated carbocycles. The largest absolute Gasteiger partial charge is 0.435 e. The average molecular weight is 334 g/mol. The molecule has 23 heavy (non-hydrogen) atoms. The van der Waals surface area contributed by atoms with Crippen LogP contribution in [-0.2, 0) is 29.3 Å². The molecule has 2 heterocycles. The van der Waals surface area contributed by atoms with Crippen LogP contribution in [0, 0.1) is 0 Å². The fourth-order valence-electron chi connectivity index (χ4n) is 2.89. The van der Waals surface area contributed by atoms with E-state index in [4.69, 9.17) is 4.74 Å². The second-order valence-corrected chi connectivity index (χ2v) is 5.92. The van der Waals surface area contributed by atoms with Crippen molar-refractivity contribution in [3.8, 4) is 0 Å². The maximum atomic E-state index is 13.0. The van der Waals surface area contributed by atoms with Gasteiger partial charge in [-0.3, -0.25) is 14.4 Å². The molecule has 2 rings (SSSR count). The van der Waals surface area contributed by atoms with Crippen LogP contribution in [0.1, 0.15) is 17.7 Å². The molecule has 1 aliphatic rings. The Kier molecular flexibility index (Phi) is 5.00. The second-order valence-electron chi connectivity index (χ2n) is 5.92. The number of amides is 1. The fraction of sp³-hybridized carbons (Fsp3) is 0.714. The Labute approximate surface area is 132 Å². The van der Waals surface area contributed by atoms with Crippen LogP contribution in [0.4, 0.5) is 13.2 Å². The number of alkyl halides is 3. The van der Waals surface area contributed by atoms with Crippen LogP contribution in [0.15, 0.2) is 6.20 Å². The Hall–Kier alpha value is -1.61. The maximum absolute atomic E-state index is 13.0. The minimum atomic E-state index is -4.54. The van der Waals surface area contributed by atoms with Crippen LogP contribution in [0.5, 0.6) is 0 Å². The lowest BCUT2D eigenvalue weighted by atomic mass is 10.1. The summed E-state index contributed by atoms with van der Waals surface area (Å²) in [6, 6.07) is -0.379. The van der Waals surface area contributed by atoms with Gasteiger partial charge in [0.2, 0.25) is 5.91 Å². The number of aryl methyl sites for hydroxylation is 1. The van der Waals surface area contributed by atoms with E-state index in [0.29, 0.717) is 13.0 Å². The van der Waals surface area contributed by atoms with Gasteiger partial charge in [0, 0.05) is 46.1 Å². The minimum absolute atomic E-state index is 0.0141. The molecular formula is C14H21F3N4O2. The monoisotopic (exact) mass is 334 g/mol. The maximum Gasteiger partial charge on any atom is 0.435 e. The first-order chi connectivity index (χ1) is 10.6. The van der Waals surface area contributed by atoms with Crippen molar-refractivity contribution in [3.05, 3.63) is 17.5 Å². The number of aromatic nitrogens is 2. The Morgan fingerprint density at radius 1 is 1.48 bits per heavy atom. The smallest absolute Gasteiger partial charge is 0.380 e. The molecule has 2 atom stereocenters. The SMILES string of the molecule is CO[C@H]1C[C@@H](C(=O)N(C)Cc2cn(C)nc2C(F)(F)F)N(C)C1. The van der Waals surface area contributed by atoms with Crippen molar-refractivity contribution in [2.75, 3.05) is 27.7 Å². The van der Waals surface area contributed by atoms with Crippen LogP contribution in [0.25, 0.3) is 0 Å². The average Bonchev–Trinajstić information content (AvgIpc) is 3.00. The summed E-state index contributed by atoms with van der Waals surface area (Å²) in [4.78, 5) is 15.7. The van der Waals surface area contributed by atoms with Crippen LogP contribution in [0.2, 0.25) is 0 Å². The normalized spacial score (nSPS) is 22.6. The fourth-order valence-corrected chi connectivity index (χ4v) is 2.89. The summed E-state index contributed by atoms with van der Waals surface area (Å²) in [5.41, 5.74) is -0.964. The summed E-state index contributed by atoms with van der Waals surface area (Å²) in [6.07, 6.45) is -2.74. The van der Waals surface area contributed by atoms with Gasteiger partial charge in [0.1, 0.15) is 0 Å². The predicted molar refractivity (Wildman–Crippen MR) is 76.5 cm³/mol. The predicted octanol–water partition coefficient (Wildman–Crippen LogP) is 1.12. The highest BCUT2D eigenvalue weighted by Gasteiger charge is 2.39. The molecule has 1 saturated heterocycles. The highest BCUT2D eigenvalue weighted by atomic mass is 19.4. The lowest BCUT2D eigenvalue weighted by molar-refractivity contribution is -0.143. The van der Waals surface area contributed by atoms with E-state index in [1.165, 1.54) is 25.2 Å². The van der Waals surface area contributed by atoms with E-state index in [0.717, 1.165) is 4.68 Å². The lowest BCUT2D eigenvalue weighted by Crippen LogP contribution is -2.42. The number of carbonyl (C=O) groups excluding carboxylic acids is 1. The van der Waals surface area contributed by atoms with Gasteiger partial charge in [0.05, 0.1) is 12.1 Å². The third kappa shape index (κ3) is 3.84. The van der Waals surface area contributed by atoms with E-state index in [1.54, 1.807) is 14.2 Å². The van der Waals surface area contributed by atoms with Crippen molar-refractivity contribution < 1.29 is 22.7 Å². The van der Waals surface area contributed by atoms with Crippen molar-refractivity contribution in [2.24, 2.45) is 7.05 Å². The van der Waals surface area contributed by atoms with E-state index in [9.17, 15) is 18.0 Å². The number of hydrogen-bond donors (Lipinski definition) is 0. The van der Waals surface area contributed by atoms with Gasteiger partial charge in [0.15, 0.2) is 5.69 Å². The molecule has 1 fully saturated rings. The molecule has 6 nitrogen and oxygen atoms in total. The molecule has 1 aromatic rings. The number of nitrogens with zero attached hydrogens (tertiary/aromatic N) is 4. The first-order valence-corrected chi connectivity index (χ1v) is 7.21. The number of ether oxygens (including phenoxy) is 1. The number of halogens is 3. The summed E-state index contributed by atoms with van der Waals surface area (Å²) < 4.78 is 45.3. The van der Waals surface area contributed by atoms with Gasteiger partial charge in [0.25, 0.3) is 0 Å².